The molecule has 0 spiro atoms. The minimum absolute atomic E-state index is 0.0613. The molecule has 1 aliphatic rings. The zero-order valence-corrected chi connectivity index (χ0v) is 14.8. The molecule has 0 radical (unpaired) electrons. The first-order chi connectivity index (χ1) is 12.0. The molecule has 1 aromatic carbocycles. The van der Waals surface area contributed by atoms with Crippen LogP contribution in [0.1, 0.15) is 35.3 Å². The highest BCUT2D eigenvalue weighted by Crippen LogP contribution is 2.25. The van der Waals surface area contributed by atoms with Crippen molar-refractivity contribution in [2.24, 2.45) is 0 Å². The number of hydrogen-bond acceptors (Lipinski definition) is 2. The maximum absolute atomic E-state index is 14.0. The van der Waals surface area contributed by atoms with Crippen molar-refractivity contribution in [3.05, 3.63) is 35.3 Å². The Morgan fingerprint density at radius 3 is 3.00 bits per heavy atom. The second-order valence-electron chi connectivity index (χ2n) is 6.88. The van der Waals surface area contributed by atoms with Gasteiger partial charge >= 0.3 is 0 Å². The fourth-order valence-electron chi connectivity index (χ4n) is 3.63. The summed E-state index contributed by atoms with van der Waals surface area (Å²) in [7, 11) is 1.97. The van der Waals surface area contributed by atoms with Gasteiger partial charge in [0, 0.05) is 24.5 Å². The molecule has 1 atom stereocenters. The lowest BCUT2D eigenvalue weighted by atomic mass is 10.0. The van der Waals surface area contributed by atoms with E-state index in [1.807, 2.05) is 18.9 Å². The molecule has 0 saturated carbocycles. The second kappa shape index (κ2) is 7.28. The summed E-state index contributed by atoms with van der Waals surface area (Å²) in [6, 6.07) is 5.07. The minimum atomic E-state index is -0.330. The fourth-order valence-corrected chi connectivity index (χ4v) is 3.63. The SMILES string of the molecule is C#CCN(C)C[C@H]1CCCCN1C(=O)c1cc2c(C)ccc(F)c2[nH]1. The summed E-state index contributed by atoms with van der Waals surface area (Å²) in [6.45, 7) is 3.96. The molecule has 25 heavy (non-hydrogen) atoms. The number of terminal acetylenes is 1. The van der Waals surface area contributed by atoms with Crippen molar-refractivity contribution in [3.63, 3.8) is 0 Å². The first-order valence-corrected chi connectivity index (χ1v) is 8.72. The molecule has 0 bridgehead atoms. The molecule has 0 unspecified atom stereocenters. The number of amides is 1. The molecule has 3 rings (SSSR count). The molecule has 4 nitrogen and oxygen atoms in total. The van der Waals surface area contributed by atoms with E-state index in [9.17, 15) is 9.18 Å². The van der Waals surface area contributed by atoms with Crippen LogP contribution in [0.25, 0.3) is 10.9 Å². The van der Waals surface area contributed by atoms with Gasteiger partial charge in [-0.1, -0.05) is 12.0 Å². The van der Waals surface area contributed by atoms with Crippen LogP contribution in [0.5, 0.6) is 0 Å². The third kappa shape index (κ3) is 3.54. The highest BCUT2D eigenvalue weighted by Gasteiger charge is 2.29. The van der Waals surface area contributed by atoms with Crippen LogP contribution < -0.4 is 0 Å². The van der Waals surface area contributed by atoms with Gasteiger partial charge in [-0.25, -0.2) is 4.39 Å². The Morgan fingerprint density at radius 1 is 1.48 bits per heavy atom. The summed E-state index contributed by atoms with van der Waals surface area (Å²) in [6.07, 6.45) is 8.45. The number of rotatable bonds is 4. The van der Waals surface area contributed by atoms with E-state index in [-0.39, 0.29) is 17.8 Å². The van der Waals surface area contributed by atoms with E-state index in [1.54, 1.807) is 12.1 Å². The van der Waals surface area contributed by atoms with E-state index < -0.39 is 0 Å². The number of H-pyrrole nitrogens is 1. The van der Waals surface area contributed by atoms with Crippen LogP contribution in [-0.4, -0.2) is 53.4 Å². The largest absolute Gasteiger partial charge is 0.348 e. The van der Waals surface area contributed by atoms with E-state index in [4.69, 9.17) is 6.42 Å². The number of hydrogen-bond donors (Lipinski definition) is 1. The van der Waals surface area contributed by atoms with E-state index in [1.165, 1.54) is 6.07 Å². The minimum Gasteiger partial charge on any atom is -0.348 e. The Kier molecular flexibility index (Phi) is 5.10. The van der Waals surface area contributed by atoms with Gasteiger partial charge < -0.3 is 9.88 Å². The normalized spacial score (nSPS) is 17.9. The maximum Gasteiger partial charge on any atom is 0.270 e. The number of aryl methyl sites for hydroxylation is 1. The van der Waals surface area contributed by atoms with Crippen molar-refractivity contribution in [1.29, 1.82) is 0 Å². The van der Waals surface area contributed by atoms with Crippen LogP contribution in [0.3, 0.4) is 0 Å². The second-order valence-corrected chi connectivity index (χ2v) is 6.88. The highest BCUT2D eigenvalue weighted by atomic mass is 19.1. The van der Waals surface area contributed by atoms with Gasteiger partial charge in [0.1, 0.15) is 11.5 Å². The number of likely N-dealkylation sites (tertiary alicyclic amines) is 1. The lowest BCUT2D eigenvalue weighted by Gasteiger charge is -2.37. The zero-order chi connectivity index (χ0) is 18.0. The average molecular weight is 341 g/mol. The van der Waals surface area contributed by atoms with Crippen molar-refractivity contribution >= 4 is 16.8 Å². The number of fused-ring (bicyclic) bond motifs is 1. The van der Waals surface area contributed by atoms with Gasteiger partial charge in [-0.2, -0.15) is 0 Å². The summed E-state index contributed by atoms with van der Waals surface area (Å²) >= 11 is 0. The van der Waals surface area contributed by atoms with Crippen molar-refractivity contribution in [3.8, 4) is 12.3 Å². The maximum atomic E-state index is 14.0. The van der Waals surface area contributed by atoms with Gasteiger partial charge in [-0.3, -0.25) is 9.69 Å². The number of halogens is 1. The summed E-state index contributed by atoms with van der Waals surface area (Å²) in [4.78, 5) is 20.0. The molecule has 1 amide bonds. The fraction of sp³-hybridized carbons (Fsp3) is 0.450. The molecular weight excluding hydrogens is 317 g/mol. The number of likely N-dealkylation sites (N-methyl/N-ethyl adjacent to an activating group) is 1. The van der Waals surface area contributed by atoms with Crippen LogP contribution in [-0.2, 0) is 0 Å². The molecular formula is C20H24FN3O. The monoisotopic (exact) mass is 341 g/mol. The summed E-state index contributed by atoms with van der Waals surface area (Å²) < 4.78 is 14.0. The Morgan fingerprint density at radius 2 is 2.28 bits per heavy atom. The van der Waals surface area contributed by atoms with Crippen LogP contribution in [0, 0.1) is 25.1 Å². The number of benzene rings is 1. The molecule has 1 fully saturated rings. The zero-order valence-electron chi connectivity index (χ0n) is 14.8. The third-order valence-corrected chi connectivity index (χ3v) is 4.96. The Labute approximate surface area is 148 Å². The molecule has 1 aliphatic heterocycles. The standard InChI is InChI=1S/C20H24FN3O/c1-4-10-23(3)13-15-7-5-6-11-24(15)20(25)18-12-16-14(2)8-9-17(21)19(16)22-18/h1,8-9,12,15,22H,5-7,10-11,13H2,2-3H3/t15-/m1/s1. The molecule has 0 aliphatic carbocycles. The lowest BCUT2D eigenvalue weighted by Crippen LogP contribution is -2.49. The summed E-state index contributed by atoms with van der Waals surface area (Å²) in [5.41, 5.74) is 1.81. The van der Waals surface area contributed by atoms with E-state index in [0.29, 0.717) is 17.8 Å². The average Bonchev–Trinajstić information content (AvgIpc) is 3.05. The number of carbonyl (C=O) groups is 1. The summed E-state index contributed by atoms with van der Waals surface area (Å²) in [5, 5.41) is 0.765. The topological polar surface area (TPSA) is 39.3 Å². The number of nitrogens with zero attached hydrogens (tertiary/aromatic N) is 2. The lowest BCUT2D eigenvalue weighted by molar-refractivity contribution is 0.0564. The molecule has 132 valence electrons. The molecule has 5 heteroatoms. The Balaban J connectivity index is 1.86. The van der Waals surface area contributed by atoms with Gasteiger partial charge in [0.15, 0.2) is 0 Å². The van der Waals surface area contributed by atoms with Crippen molar-refractivity contribution in [2.75, 3.05) is 26.7 Å². The van der Waals surface area contributed by atoms with Gasteiger partial charge in [0.05, 0.1) is 12.1 Å². The van der Waals surface area contributed by atoms with Crippen LogP contribution in [0.2, 0.25) is 0 Å². The predicted molar refractivity (Wildman–Crippen MR) is 98.0 cm³/mol. The molecule has 1 aromatic heterocycles. The van der Waals surface area contributed by atoms with Gasteiger partial charge in [0.2, 0.25) is 0 Å². The van der Waals surface area contributed by atoms with Crippen molar-refractivity contribution < 1.29 is 9.18 Å². The summed E-state index contributed by atoms with van der Waals surface area (Å²) in [5.74, 6) is 2.25. The van der Waals surface area contributed by atoms with Gasteiger partial charge in [-0.15, -0.1) is 6.42 Å². The van der Waals surface area contributed by atoms with Crippen molar-refractivity contribution in [2.45, 2.75) is 32.2 Å². The first kappa shape index (κ1) is 17.5. The number of carbonyl (C=O) groups excluding carboxylic acids is 1. The number of piperidine rings is 1. The number of aromatic nitrogens is 1. The van der Waals surface area contributed by atoms with E-state index in [0.717, 1.165) is 43.3 Å². The van der Waals surface area contributed by atoms with E-state index >= 15 is 0 Å². The number of aromatic amines is 1. The Hall–Kier alpha value is -2.32. The number of nitrogens with one attached hydrogen (secondary N) is 1. The molecule has 1 N–H and O–H groups in total. The Bertz CT molecular complexity index is 781. The predicted octanol–water partition coefficient (Wildman–Crippen LogP) is 3.18. The van der Waals surface area contributed by atoms with Crippen LogP contribution >= 0.6 is 0 Å². The van der Waals surface area contributed by atoms with Crippen LogP contribution in [0.15, 0.2) is 18.2 Å². The van der Waals surface area contributed by atoms with Crippen LogP contribution in [0.4, 0.5) is 4.39 Å². The smallest absolute Gasteiger partial charge is 0.270 e. The molecule has 2 aromatic rings. The highest BCUT2D eigenvalue weighted by molar-refractivity contribution is 5.99. The van der Waals surface area contributed by atoms with E-state index in [2.05, 4.69) is 15.8 Å². The first-order valence-electron chi connectivity index (χ1n) is 8.72. The third-order valence-electron chi connectivity index (χ3n) is 4.96. The molecule has 2 heterocycles. The molecule has 1 saturated heterocycles. The van der Waals surface area contributed by atoms with Gasteiger partial charge in [0.25, 0.3) is 5.91 Å². The quantitative estimate of drug-likeness (QED) is 0.868. The van der Waals surface area contributed by atoms with Gasteiger partial charge in [-0.05, 0) is 50.9 Å². The van der Waals surface area contributed by atoms with Crippen molar-refractivity contribution in [1.82, 2.24) is 14.8 Å².